The largest absolute Gasteiger partial charge is 0.433 e. The fourth-order valence-electron chi connectivity index (χ4n) is 3.34. The first-order chi connectivity index (χ1) is 13.8. The Kier molecular flexibility index (Phi) is 5.26. The van der Waals surface area contributed by atoms with Gasteiger partial charge in [0.25, 0.3) is 5.91 Å². The molecule has 30 heavy (non-hydrogen) atoms. The zero-order chi connectivity index (χ0) is 22.3. The van der Waals surface area contributed by atoms with Crippen molar-refractivity contribution in [2.24, 2.45) is 0 Å². The van der Waals surface area contributed by atoms with E-state index < -0.39 is 34.8 Å². The minimum absolute atomic E-state index is 0.244. The molecule has 1 atom stereocenters. The number of benzene rings is 1. The van der Waals surface area contributed by atoms with Gasteiger partial charge < -0.3 is 10.6 Å². The lowest BCUT2D eigenvalue weighted by atomic mass is 9.89. The highest BCUT2D eigenvalue weighted by Gasteiger charge is 2.43. The van der Waals surface area contributed by atoms with Crippen molar-refractivity contribution in [1.29, 1.82) is 0 Å². The topological polar surface area (TPSA) is 76.0 Å². The molecule has 2 amide bonds. The summed E-state index contributed by atoms with van der Waals surface area (Å²) in [7, 11) is 0. The van der Waals surface area contributed by atoms with E-state index in [0.717, 1.165) is 22.5 Å². The van der Waals surface area contributed by atoms with Crippen LogP contribution in [0.5, 0.6) is 0 Å². The standard InChI is InChI=1S/C21H23F3N4O2/c1-19(2,3)28-16(21(22,23)24)14(12-25-28)10-15-17(29)27-20(4,18(30)26-15)11-13-8-6-5-7-9-13/h5-10,12H,11H2,1-4H3,(H,26,30)(H,27,29)/b15-10-. The molecule has 160 valence electrons. The second-order valence-corrected chi connectivity index (χ2v) is 8.49. The third-order valence-corrected chi connectivity index (χ3v) is 4.79. The van der Waals surface area contributed by atoms with E-state index in [1.54, 1.807) is 27.7 Å². The number of aromatic nitrogens is 2. The molecule has 1 aromatic heterocycles. The van der Waals surface area contributed by atoms with Gasteiger partial charge in [-0.3, -0.25) is 14.3 Å². The minimum atomic E-state index is -4.69. The number of hydrogen-bond donors (Lipinski definition) is 2. The van der Waals surface area contributed by atoms with Crippen LogP contribution in [0, 0.1) is 0 Å². The highest BCUT2D eigenvalue weighted by atomic mass is 19.4. The van der Waals surface area contributed by atoms with E-state index in [1.165, 1.54) is 0 Å². The number of rotatable bonds is 3. The predicted octanol–water partition coefficient (Wildman–Crippen LogP) is 3.25. The smallest absolute Gasteiger partial charge is 0.336 e. The van der Waals surface area contributed by atoms with Crippen molar-refractivity contribution in [3.8, 4) is 0 Å². The lowest BCUT2D eigenvalue weighted by Crippen LogP contribution is -2.64. The molecular formula is C21H23F3N4O2. The zero-order valence-corrected chi connectivity index (χ0v) is 17.1. The molecule has 6 nitrogen and oxygen atoms in total. The first kappa shape index (κ1) is 21.6. The van der Waals surface area contributed by atoms with Crippen molar-refractivity contribution in [2.75, 3.05) is 0 Å². The maximum absolute atomic E-state index is 13.7. The maximum atomic E-state index is 13.7. The van der Waals surface area contributed by atoms with Crippen LogP contribution in [-0.2, 0) is 27.7 Å². The number of nitrogens with zero attached hydrogens (tertiary/aromatic N) is 2. The van der Waals surface area contributed by atoms with Gasteiger partial charge in [-0.2, -0.15) is 18.3 Å². The van der Waals surface area contributed by atoms with Gasteiger partial charge in [0.2, 0.25) is 5.91 Å². The number of piperazine rings is 1. The molecule has 9 heteroatoms. The molecule has 2 N–H and O–H groups in total. The minimum Gasteiger partial charge on any atom is -0.336 e. The molecule has 1 aromatic carbocycles. The van der Waals surface area contributed by atoms with Crippen LogP contribution in [0.4, 0.5) is 13.2 Å². The molecule has 1 aliphatic rings. The third-order valence-electron chi connectivity index (χ3n) is 4.79. The van der Waals surface area contributed by atoms with Crippen LogP contribution in [0.3, 0.4) is 0 Å². The molecule has 0 saturated carbocycles. The van der Waals surface area contributed by atoms with Crippen molar-refractivity contribution in [2.45, 2.75) is 51.4 Å². The first-order valence-electron chi connectivity index (χ1n) is 9.36. The summed E-state index contributed by atoms with van der Waals surface area (Å²) in [6.45, 7) is 6.35. The van der Waals surface area contributed by atoms with Crippen molar-refractivity contribution in [1.82, 2.24) is 20.4 Å². The molecule has 0 aliphatic carbocycles. The van der Waals surface area contributed by atoms with Crippen molar-refractivity contribution in [3.05, 3.63) is 59.0 Å². The average Bonchev–Trinajstić information content (AvgIpc) is 3.05. The second kappa shape index (κ2) is 7.30. The first-order valence-corrected chi connectivity index (χ1v) is 9.36. The number of carbonyl (C=O) groups is 2. The van der Waals surface area contributed by atoms with E-state index in [0.29, 0.717) is 0 Å². The van der Waals surface area contributed by atoms with Crippen LogP contribution in [0.15, 0.2) is 42.2 Å². The highest BCUT2D eigenvalue weighted by molar-refractivity contribution is 6.09. The molecule has 2 aromatic rings. The van der Waals surface area contributed by atoms with Crippen LogP contribution in [0.2, 0.25) is 0 Å². The number of nitrogens with one attached hydrogen (secondary N) is 2. The average molecular weight is 420 g/mol. The van der Waals surface area contributed by atoms with Crippen LogP contribution in [0.25, 0.3) is 6.08 Å². The van der Waals surface area contributed by atoms with Gasteiger partial charge in [0.05, 0.1) is 11.7 Å². The Morgan fingerprint density at radius 3 is 2.33 bits per heavy atom. The predicted molar refractivity (Wildman–Crippen MR) is 105 cm³/mol. The fourth-order valence-corrected chi connectivity index (χ4v) is 3.34. The summed E-state index contributed by atoms with van der Waals surface area (Å²) in [5.74, 6) is -1.17. The normalized spacial score (nSPS) is 21.5. The highest BCUT2D eigenvalue weighted by Crippen LogP contribution is 2.36. The van der Waals surface area contributed by atoms with Crippen molar-refractivity contribution in [3.63, 3.8) is 0 Å². The van der Waals surface area contributed by atoms with E-state index in [-0.39, 0.29) is 17.7 Å². The second-order valence-electron chi connectivity index (χ2n) is 8.49. The SMILES string of the molecule is CC1(Cc2ccccc2)NC(=O)/C(=C/c2cnn(C(C)(C)C)c2C(F)(F)F)NC1=O. The fraction of sp³-hybridized carbons (Fsp3) is 0.381. The summed E-state index contributed by atoms with van der Waals surface area (Å²) in [4.78, 5) is 25.3. The van der Waals surface area contributed by atoms with Crippen LogP contribution < -0.4 is 10.6 Å². The summed E-state index contributed by atoms with van der Waals surface area (Å²) in [6, 6.07) is 9.12. The molecule has 1 aliphatic heterocycles. The summed E-state index contributed by atoms with van der Waals surface area (Å²) >= 11 is 0. The monoisotopic (exact) mass is 420 g/mol. The van der Waals surface area contributed by atoms with Gasteiger partial charge in [0, 0.05) is 12.0 Å². The van der Waals surface area contributed by atoms with Gasteiger partial charge in [-0.05, 0) is 39.3 Å². The van der Waals surface area contributed by atoms with Gasteiger partial charge in [0.1, 0.15) is 16.9 Å². The van der Waals surface area contributed by atoms with E-state index >= 15 is 0 Å². The van der Waals surface area contributed by atoms with Crippen molar-refractivity contribution < 1.29 is 22.8 Å². The van der Waals surface area contributed by atoms with Crippen LogP contribution in [-0.4, -0.2) is 27.1 Å². The number of amides is 2. The van der Waals surface area contributed by atoms with Gasteiger partial charge in [0.15, 0.2) is 0 Å². The lowest BCUT2D eigenvalue weighted by Gasteiger charge is -2.34. The molecule has 1 fully saturated rings. The Labute approximate surface area is 172 Å². The number of hydrogen-bond acceptors (Lipinski definition) is 3. The number of halogens is 3. The third kappa shape index (κ3) is 4.24. The van der Waals surface area contributed by atoms with Gasteiger partial charge in [-0.1, -0.05) is 30.3 Å². The quantitative estimate of drug-likeness (QED) is 0.749. The van der Waals surface area contributed by atoms with Crippen LogP contribution >= 0.6 is 0 Å². The molecule has 2 heterocycles. The number of carbonyl (C=O) groups excluding carboxylic acids is 2. The molecule has 0 bridgehead atoms. The van der Waals surface area contributed by atoms with E-state index in [9.17, 15) is 22.8 Å². The molecule has 0 radical (unpaired) electrons. The summed E-state index contributed by atoms with van der Waals surface area (Å²) in [5, 5.41) is 8.94. The lowest BCUT2D eigenvalue weighted by molar-refractivity contribution is -0.146. The summed E-state index contributed by atoms with van der Waals surface area (Å²) in [6.07, 6.45) is -2.40. The molecule has 1 unspecified atom stereocenters. The Bertz CT molecular complexity index is 1000. The van der Waals surface area contributed by atoms with E-state index in [4.69, 9.17) is 0 Å². The molecule has 1 saturated heterocycles. The van der Waals surface area contributed by atoms with Gasteiger partial charge in [-0.25, -0.2) is 0 Å². The van der Waals surface area contributed by atoms with Crippen molar-refractivity contribution >= 4 is 17.9 Å². The Balaban J connectivity index is 1.93. The number of alkyl halides is 3. The maximum Gasteiger partial charge on any atom is 0.433 e. The summed E-state index contributed by atoms with van der Waals surface area (Å²) < 4.78 is 41.9. The van der Waals surface area contributed by atoms with Gasteiger partial charge >= 0.3 is 6.18 Å². The van der Waals surface area contributed by atoms with Gasteiger partial charge in [-0.15, -0.1) is 0 Å². The zero-order valence-electron chi connectivity index (χ0n) is 17.1. The molecular weight excluding hydrogens is 397 g/mol. The Morgan fingerprint density at radius 2 is 1.77 bits per heavy atom. The van der Waals surface area contributed by atoms with Crippen LogP contribution in [0.1, 0.15) is 44.5 Å². The Hall–Kier alpha value is -3.10. The Morgan fingerprint density at radius 1 is 1.13 bits per heavy atom. The molecule has 0 spiro atoms. The summed E-state index contributed by atoms with van der Waals surface area (Å²) in [5.41, 5.74) is -2.85. The van der Waals surface area contributed by atoms with E-state index in [2.05, 4.69) is 15.7 Å². The van der Waals surface area contributed by atoms with E-state index in [1.807, 2.05) is 30.3 Å². The molecule has 3 rings (SSSR count).